The van der Waals surface area contributed by atoms with E-state index in [1.165, 1.54) is 6.07 Å². The topological polar surface area (TPSA) is 20.7 Å². The molecule has 0 amide bonds. The van der Waals surface area contributed by atoms with Crippen molar-refractivity contribution in [1.29, 1.82) is 0 Å². The van der Waals surface area contributed by atoms with E-state index in [4.69, 9.17) is 12.2 Å². The van der Waals surface area contributed by atoms with Gasteiger partial charge in [0.15, 0.2) is 4.77 Å². The van der Waals surface area contributed by atoms with E-state index in [9.17, 15) is 4.39 Å². The summed E-state index contributed by atoms with van der Waals surface area (Å²) in [6.45, 7) is 4.41. The van der Waals surface area contributed by atoms with Crippen LogP contribution in [0.15, 0.2) is 18.2 Å². The second kappa shape index (κ2) is 2.94. The van der Waals surface area contributed by atoms with Gasteiger partial charge in [-0.15, -0.1) is 0 Å². The predicted molar refractivity (Wildman–Crippen MR) is 64.5 cm³/mol. The maximum Gasteiger partial charge on any atom is 0.178 e. The van der Waals surface area contributed by atoms with Gasteiger partial charge in [0, 0.05) is 6.04 Å². The van der Waals surface area contributed by atoms with E-state index in [0.717, 1.165) is 11.9 Å². The van der Waals surface area contributed by atoms with Crippen LogP contribution in [0.5, 0.6) is 0 Å². The first kappa shape index (κ1) is 10.0. The van der Waals surface area contributed by atoms with Crippen LogP contribution in [-0.4, -0.2) is 9.55 Å². The number of rotatable bonds is 1. The van der Waals surface area contributed by atoms with E-state index in [-0.39, 0.29) is 11.2 Å². The molecule has 1 aliphatic carbocycles. The molecule has 3 rings (SSSR count). The van der Waals surface area contributed by atoms with E-state index < -0.39 is 0 Å². The highest BCUT2D eigenvalue weighted by Crippen LogP contribution is 2.56. The lowest BCUT2D eigenvalue weighted by Gasteiger charge is -2.06. The maximum atomic E-state index is 13.6. The molecule has 1 aliphatic rings. The highest BCUT2D eigenvalue weighted by atomic mass is 32.1. The highest BCUT2D eigenvalue weighted by Gasteiger charge is 2.47. The zero-order valence-electron chi connectivity index (χ0n) is 9.25. The number of nitrogens with one attached hydrogen (secondary N) is 1. The molecular formula is C12H13FN2S. The van der Waals surface area contributed by atoms with Gasteiger partial charge in [0.1, 0.15) is 11.3 Å². The smallest absolute Gasteiger partial charge is 0.178 e. The number of aromatic nitrogens is 2. The van der Waals surface area contributed by atoms with Gasteiger partial charge >= 0.3 is 0 Å². The number of para-hydroxylation sites is 1. The fourth-order valence-corrected chi connectivity index (χ4v) is 2.63. The molecule has 2 nitrogen and oxygen atoms in total. The van der Waals surface area contributed by atoms with Crippen LogP contribution in [0, 0.1) is 16.0 Å². The monoisotopic (exact) mass is 236 g/mol. The molecule has 2 aromatic rings. The molecule has 0 saturated heterocycles. The fraction of sp³-hybridized carbons (Fsp3) is 0.417. The molecule has 1 saturated carbocycles. The van der Waals surface area contributed by atoms with Crippen LogP contribution >= 0.6 is 12.2 Å². The number of nitrogens with zero attached hydrogens (tertiary/aromatic N) is 1. The Kier molecular flexibility index (Phi) is 1.84. The largest absolute Gasteiger partial charge is 0.328 e. The van der Waals surface area contributed by atoms with Gasteiger partial charge < -0.3 is 9.55 Å². The summed E-state index contributed by atoms with van der Waals surface area (Å²) in [5.41, 5.74) is 1.68. The molecule has 4 heteroatoms. The molecule has 1 atom stereocenters. The van der Waals surface area contributed by atoms with Crippen molar-refractivity contribution < 1.29 is 4.39 Å². The molecule has 0 aliphatic heterocycles. The number of imidazole rings is 1. The minimum Gasteiger partial charge on any atom is -0.328 e. The quantitative estimate of drug-likeness (QED) is 0.747. The van der Waals surface area contributed by atoms with Crippen molar-refractivity contribution in [1.82, 2.24) is 9.55 Å². The Balaban J connectivity index is 2.30. The van der Waals surface area contributed by atoms with Crippen LogP contribution < -0.4 is 0 Å². The number of hydrogen-bond acceptors (Lipinski definition) is 1. The Morgan fingerprint density at radius 1 is 1.50 bits per heavy atom. The maximum absolute atomic E-state index is 13.6. The van der Waals surface area contributed by atoms with Crippen molar-refractivity contribution in [2.24, 2.45) is 5.41 Å². The number of hydrogen-bond donors (Lipinski definition) is 1. The van der Waals surface area contributed by atoms with E-state index in [1.807, 2.05) is 10.6 Å². The Morgan fingerprint density at radius 3 is 2.81 bits per heavy atom. The second-order valence-corrected chi connectivity index (χ2v) is 5.53. The van der Waals surface area contributed by atoms with Crippen molar-refractivity contribution in [2.75, 3.05) is 0 Å². The van der Waals surface area contributed by atoms with Crippen LogP contribution in [0.4, 0.5) is 4.39 Å². The minimum atomic E-state index is -0.235. The third kappa shape index (κ3) is 1.26. The molecule has 1 fully saturated rings. The number of halogens is 1. The summed E-state index contributed by atoms with van der Waals surface area (Å²) < 4.78 is 16.2. The van der Waals surface area contributed by atoms with Crippen molar-refractivity contribution in [2.45, 2.75) is 26.3 Å². The first-order valence-electron chi connectivity index (χ1n) is 5.39. The van der Waals surface area contributed by atoms with E-state index >= 15 is 0 Å². The lowest BCUT2D eigenvalue weighted by molar-refractivity contribution is 0.545. The number of fused-ring (bicyclic) bond motifs is 1. The lowest BCUT2D eigenvalue weighted by atomic mass is 10.2. The number of benzene rings is 1. The van der Waals surface area contributed by atoms with Crippen molar-refractivity contribution in [3.05, 3.63) is 28.8 Å². The summed E-state index contributed by atoms with van der Waals surface area (Å²) in [5, 5.41) is 0. The molecule has 0 spiro atoms. The molecule has 16 heavy (non-hydrogen) atoms. The third-order valence-electron chi connectivity index (χ3n) is 3.47. The van der Waals surface area contributed by atoms with Crippen LogP contribution in [0.1, 0.15) is 26.3 Å². The molecular weight excluding hydrogens is 223 g/mol. The summed E-state index contributed by atoms with van der Waals surface area (Å²) in [4.78, 5) is 2.96. The molecule has 1 aromatic carbocycles. The lowest BCUT2D eigenvalue weighted by Crippen LogP contribution is -2.00. The van der Waals surface area contributed by atoms with Gasteiger partial charge in [-0.05, 0) is 36.2 Å². The number of H-pyrrole nitrogens is 1. The van der Waals surface area contributed by atoms with Crippen LogP contribution in [0.3, 0.4) is 0 Å². The zero-order valence-corrected chi connectivity index (χ0v) is 10.1. The van der Waals surface area contributed by atoms with Gasteiger partial charge in [-0.1, -0.05) is 19.9 Å². The minimum absolute atomic E-state index is 0.235. The fourth-order valence-electron chi connectivity index (χ4n) is 2.30. The van der Waals surface area contributed by atoms with Crippen molar-refractivity contribution >= 4 is 23.3 Å². The Labute approximate surface area is 98.1 Å². The standard InChI is InChI=1S/C12H13FN2S/c1-12(2)6-9(12)15-8-5-3-4-7(13)10(8)14-11(15)16/h3-5,9H,6H2,1-2H3,(H,14,16). The molecule has 1 aromatic heterocycles. The molecule has 84 valence electrons. The normalized spacial score (nSPS) is 22.6. The van der Waals surface area contributed by atoms with Gasteiger partial charge in [-0.3, -0.25) is 0 Å². The third-order valence-corrected chi connectivity index (χ3v) is 3.77. The first-order chi connectivity index (χ1) is 7.50. The average Bonchev–Trinajstić information content (AvgIpc) is 2.68. The molecule has 1 heterocycles. The number of aromatic amines is 1. The Bertz CT molecular complexity index is 623. The van der Waals surface area contributed by atoms with Crippen molar-refractivity contribution in [3.63, 3.8) is 0 Å². The van der Waals surface area contributed by atoms with E-state index in [2.05, 4.69) is 18.8 Å². The predicted octanol–water partition coefficient (Wildman–Crippen LogP) is 3.81. The van der Waals surface area contributed by atoms with E-state index in [1.54, 1.807) is 6.07 Å². The summed E-state index contributed by atoms with van der Waals surface area (Å²) >= 11 is 5.27. The summed E-state index contributed by atoms with van der Waals surface area (Å²) in [6, 6.07) is 5.50. The van der Waals surface area contributed by atoms with Crippen molar-refractivity contribution in [3.8, 4) is 0 Å². The Morgan fingerprint density at radius 2 is 2.19 bits per heavy atom. The van der Waals surface area contributed by atoms with Gasteiger partial charge in [0.25, 0.3) is 0 Å². The SMILES string of the molecule is CC1(C)CC1n1c(=S)[nH]c2c(F)cccc21. The molecule has 0 bridgehead atoms. The van der Waals surface area contributed by atoms with Gasteiger partial charge in [0.2, 0.25) is 0 Å². The van der Waals surface area contributed by atoms with E-state index in [0.29, 0.717) is 16.3 Å². The first-order valence-corrected chi connectivity index (χ1v) is 5.80. The average molecular weight is 236 g/mol. The molecule has 1 N–H and O–H groups in total. The molecule has 0 radical (unpaired) electrons. The van der Waals surface area contributed by atoms with Crippen LogP contribution in [0.2, 0.25) is 0 Å². The zero-order chi connectivity index (χ0) is 11.5. The second-order valence-electron chi connectivity index (χ2n) is 5.14. The van der Waals surface area contributed by atoms with Crippen LogP contribution in [-0.2, 0) is 0 Å². The summed E-state index contributed by atoms with van der Waals surface area (Å²) in [5.74, 6) is -0.235. The van der Waals surface area contributed by atoms with Gasteiger partial charge in [-0.25, -0.2) is 4.39 Å². The van der Waals surface area contributed by atoms with Gasteiger partial charge in [0.05, 0.1) is 5.52 Å². The summed E-state index contributed by atoms with van der Waals surface area (Å²) in [6.07, 6.45) is 1.10. The highest BCUT2D eigenvalue weighted by molar-refractivity contribution is 7.71. The Hall–Kier alpha value is -1.16. The molecule has 1 unspecified atom stereocenters. The summed E-state index contributed by atoms with van der Waals surface area (Å²) in [7, 11) is 0. The van der Waals surface area contributed by atoms with Gasteiger partial charge in [-0.2, -0.15) is 0 Å². The van der Waals surface area contributed by atoms with Crippen LogP contribution in [0.25, 0.3) is 11.0 Å².